The van der Waals surface area contributed by atoms with Gasteiger partial charge in [0.15, 0.2) is 0 Å². The Balaban J connectivity index is 1.89. The van der Waals surface area contributed by atoms with E-state index < -0.39 is 0 Å². The van der Waals surface area contributed by atoms with Crippen molar-refractivity contribution in [2.24, 2.45) is 5.92 Å². The fourth-order valence-electron chi connectivity index (χ4n) is 1.78. The Labute approximate surface area is 96.3 Å². The van der Waals surface area contributed by atoms with Crippen molar-refractivity contribution in [3.05, 3.63) is 0 Å². The highest BCUT2D eigenvalue weighted by molar-refractivity contribution is 7.99. The van der Waals surface area contributed by atoms with Gasteiger partial charge in [0.2, 0.25) is 0 Å². The van der Waals surface area contributed by atoms with Gasteiger partial charge < -0.3 is 10.1 Å². The van der Waals surface area contributed by atoms with Crippen molar-refractivity contribution in [2.45, 2.75) is 25.7 Å². The van der Waals surface area contributed by atoms with E-state index in [1.807, 2.05) is 11.8 Å². The van der Waals surface area contributed by atoms with Crippen molar-refractivity contribution in [3.63, 3.8) is 0 Å². The van der Waals surface area contributed by atoms with E-state index in [4.69, 9.17) is 0 Å². The molecule has 1 aliphatic heterocycles. The molecule has 0 unspecified atom stereocenters. The van der Waals surface area contributed by atoms with Crippen LogP contribution in [0.15, 0.2) is 0 Å². The molecule has 0 aromatic rings. The third kappa shape index (κ3) is 6.05. The van der Waals surface area contributed by atoms with Gasteiger partial charge in [0, 0.05) is 5.75 Å². The minimum absolute atomic E-state index is 0.0932. The highest BCUT2D eigenvalue weighted by Gasteiger charge is 2.12. The van der Waals surface area contributed by atoms with Crippen LogP contribution in [0.25, 0.3) is 0 Å². The molecule has 0 aliphatic carbocycles. The van der Waals surface area contributed by atoms with Crippen LogP contribution >= 0.6 is 11.8 Å². The van der Waals surface area contributed by atoms with E-state index in [1.54, 1.807) is 0 Å². The number of hydrogen-bond donors (Lipinski definition) is 1. The van der Waals surface area contributed by atoms with Gasteiger partial charge in [-0.3, -0.25) is 4.79 Å². The minimum atomic E-state index is -0.0932. The maximum atomic E-state index is 10.8. The van der Waals surface area contributed by atoms with Crippen LogP contribution in [0, 0.1) is 5.92 Å². The molecular weight excluding hydrogens is 210 g/mol. The summed E-state index contributed by atoms with van der Waals surface area (Å²) in [5, 5.41) is 3.37. The first-order valence-corrected chi connectivity index (χ1v) is 6.83. The Morgan fingerprint density at radius 1 is 1.40 bits per heavy atom. The van der Waals surface area contributed by atoms with Gasteiger partial charge in [-0.1, -0.05) is 0 Å². The third-order valence-electron chi connectivity index (χ3n) is 2.81. The Kier molecular flexibility index (Phi) is 6.85. The van der Waals surface area contributed by atoms with E-state index in [1.165, 1.54) is 45.2 Å². The smallest absolute Gasteiger partial charge is 0.306 e. The third-order valence-corrected chi connectivity index (χ3v) is 3.82. The molecule has 0 saturated carbocycles. The van der Waals surface area contributed by atoms with Crippen LogP contribution in [-0.2, 0) is 9.53 Å². The van der Waals surface area contributed by atoms with E-state index >= 15 is 0 Å². The largest absolute Gasteiger partial charge is 0.469 e. The molecule has 1 saturated heterocycles. The second-order valence-electron chi connectivity index (χ2n) is 3.92. The number of ether oxygens (including phenoxy) is 1. The summed E-state index contributed by atoms with van der Waals surface area (Å²) in [5.41, 5.74) is 0. The van der Waals surface area contributed by atoms with E-state index in [0.717, 1.165) is 11.7 Å². The highest BCUT2D eigenvalue weighted by Crippen LogP contribution is 2.18. The van der Waals surface area contributed by atoms with Crippen molar-refractivity contribution in [1.29, 1.82) is 0 Å². The quantitative estimate of drug-likeness (QED) is 0.557. The van der Waals surface area contributed by atoms with Gasteiger partial charge >= 0.3 is 5.97 Å². The summed E-state index contributed by atoms with van der Waals surface area (Å²) in [6.45, 7) is 2.36. The molecule has 0 radical (unpaired) electrons. The number of methoxy groups -OCH3 is 1. The van der Waals surface area contributed by atoms with Gasteiger partial charge in [-0.25, -0.2) is 0 Å². The summed E-state index contributed by atoms with van der Waals surface area (Å²) >= 11 is 1.87. The fourth-order valence-corrected chi connectivity index (χ4v) is 2.80. The van der Waals surface area contributed by atoms with Gasteiger partial charge in [0.1, 0.15) is 0 Å². The van der Waals surface area contributed by atoms with Crippen molar-refractivity contribution in [3.8, 4) is 0 Å². The number of rotatable bonds is 6. The number of esters is 1. The van der Waals surface area contributed by atoms with Gasteiger partial charge in [0.05, 0.1) is 13.5 Å². The highest BCUT2D eigenvalue weighted by atomic mass is 32.2. The number of carbonyl (C=O) groups excluding carboxylic acids is 1. The van der Waals surface area contributed by atoms with Crippen LogP contribution in [0.2, 0.25) is 0 Å². The van der Waals surface area contributed by atoms with Crippen LogP contribution in [-0.4, -0.2) is 37.7 Å². The second kappa shape index (κ2) is 7.99. The summed E-state index contributed by atoms with van der Waals surface area (Å²) in [5.74, 6) is 2.89. The number of hydrogen-bond acceptors (Lipinski definition) is 4. The van der Waals surface area contributed by atoms with E-state index in [2.05, 4.69) is 10.1 Å². The predicted octanol–water partition coefficient (Wildman–Crippen LogP) is 1.67. The summed E-state index contributed by atoms with van der Waals surface area (Å²) in [6, 6.07) is 0. The fraction of sp³-hybridized carbons (Fsp3) is 0.909. The van der Waals surface area contributed by atoms with Gasteiger partial charge in [-0.05, 0) is 44.0 Å². The standard InChI is InChI=1S/C11H21NO2S/c1-14-11(13)5-9-15-8-4-10-2-6-12-7-3-10/h10,12H,2-9H2,1H3. The molecule has 1 aliphatic rings. The molecular formula is C11H21NO2S. The van der Waals surface area contributed by atoms with Crippen LogP contribution < -0.4 is 5.32 Å². The summed E-state index contributed by atoms with van der Waals surface area (Å²) in [4.78, 5) is 10.8. The molecule has 15 heavy (non-hydrogen) atoms. The predicted molar refractivity (Wildman–Crippen MR) is 64.2 cm³/mol. The molecule has 0 aromatic carbocycles. The monoisotopic (exact) mass is 231 g/mol. The van der Waals surface area contributed by atoms with Crippen molar-refractivity contribution in [2.75, 3.05) is 31.7 Å². The first kappa shape index (κ1) is 12.8. The molecule has 3 nitrogen and oxygen atoms in total. The van der Waals surface area contributed by atoms with Gasteiger partial charge in [0.25, 0.3) is 0 Å². The van der Waals surface area contributed by atoms with E-state index in [-0.39, 0.29) is 5.97 Å². The average molecular weight is 231 g/mol. The molecule has 1 N–H and O–H groups in total. The Hall–Kier alpha value is -0.220. The summed E-state index contributed by atoms with van der Waals surface area (Å²) < 4.78 is 4.59. The SMILES string of the molecule is COC(=O)CCSCCC1CCNCC1. The van der Waals surface area contributed by atoms with Crippen molar-refractivity contribution >= 4 is 17.7 Å². The van der Waals surface area contributed by atoms with E-state index in [0.29, 0.717) is 6.42 Å². The first-order chi connectivity index (χ1) is 7.33. The molecule has 4 heteroatoms. The molecule has 0 aromatic heterocycles. The Bertz CT molecular complexity index is 181. The second-order valence-corrected chi connectivity index (χ2v) is 5.15. The molecule has 1 rings (SSSR count). The minimum Gasteiger partial charge on any atom is -0.469 e. The average Bonchev–Trinajstić information content (AvgIpc) is 2.29. The number of nitrogens with one attached hydrogen (secondary N) is 1. The van der Waals surface area contributed by atoms with Gasteiger partial charge in [-0.2, -0.15) is 11.8 Å². The lowest BCUT2D eigenvalue weighted by Gasteiger charge is -2.22. The topological polar surface area (TPSA) is 38.3 Å². The maximum Gasteiger partial charge on any atom is 0.306 e. The normalized spacial score (nSPS) is 17.7. The van der Waals surface area contributed by atoms with Crippen LogP contribution in [0.5, 0.6) is 0 Å². The zero-order valence-electron chi connectivity index (χ0n) is 9.46. The summed E-state index contributed by atoms with van der Waals surface area (Å²) in [7, 11) is 1.45. The number of piperidine rings is 1. The molecule has 0 spiro atoms. The molecule has 0 atom stereocenters. The zero-order chi connectivity index (χ0) is 10.9. The molecule has 88 valence electrons. The van der Waals surface area contributed by atoms with Crippen LogP contribution in [0.1, 0.15) is 25.7 Å². The Morgan fingerprint density at radius 2 is 2.13 bits per heavy atom. The lowest BCUT2D eigenvalue weighted by molar-refractivity contribution is -0.140. The molecule has 0 bridgehead atoms. The van der Waals surface area contributed by atoms with Crippen LogP contribution in [0.4, 0.5) is 0 Å². The first-order valence-electron chi connectivity index (χ1n) is 5.68. The van der Waals surface area contributed by atoms with E-state index in [9.17, 15) is 4.79 Å². The molecule has 1 heterocycles. The van der Waals surface area contributed by atoms with Crippen LogP contribution in [0.3, 0.4) is 0 Å². The molecule has 0 amide bonds. The zero-order valence-corrected chi connectivity index (χ0v) is 10.3. The van der Waals surface area contributed by atoms with Crippen molar-refractivity contribution in [1.82, 2.24) is 5.32 Å². The lowest BCUT2D eigenvalue weighted by atomic mass is 9.96. The number of carbonyl (C=O) groups is 1. The maximum absolute atomic E-state index is 10.8. The number of thioether (sulfide) groups is 1. The van der Waals surface area contributed by atoms with Crippen molar-refractivity contribution < 1.29 is 9.53 Å². The molecule has 1 fully saturated rings. The van der Waals surface area contributed by atoms with Gasteiger partial charge in [-0.15, -0.1) is 0 Å². The summed E-state index contributed by atoms with van der Waals surface area (Å²) in [6.07, 6.45) is 4.48. The Morgan fingerprint density at radius 3 is 2.80 bits per heavy atom. The lowest BCUT2D eigenvalue weighted by Crippen LogP contribution is -2.27.